The Kier molecular flexibility index (Phi) is 2.76. The monoisotopic (exact) mass is 184 g/mol. The number of benzene rings is 1. The van der Waals surface area contributed by atoms with Gasteiger partial charge in [0.2, 0.25) is 0 Å². The van der Waals surface area contributed by atoms with Crippen molar-refractivity contribution in [2.75, 3.05) is 0 Å². The van der Waals surface area contributed by atoms with Gasteiger partial charge in [0.05, 0.1) is 5.56 Å². The highest BCUT2D eigenvalue weighted by molar-refractivity contribution is 5.96. The maximum absolute atomic E-state index is 13.1. The first kappa shape index (κ1) is 9.84. The van der Waals surface area contributed by atoms with Gasteiger partial charge in [-0.3, -0.25) is 4.79 Å². The van der Waals surface area contributed by atoms with Crippen molar-refractivity contribution in [3.05, 3.63) is 34.9 Å². The molecule has 1 nitrogen and oxygen atoms in total. The molecule has 0 saturated carbocycles. The molecule has 13 heavy (non-hydrogen) atoms. The molecule has 0 N–H and O–H groups in total. The lowest BCUT2D eigenvalue weighted by atomic mass is 10.1. The van der Waals surface area contributed by atoms with Crippen LogP contribution in [-0.4, -0.2) is 5.78 Å². The van der Waals surface area contributed by atoms with Crippen molar-refractivity contribution in [3.8, 4) is 0 Å². The summed E-state index contributed by atoms with van der Waals surface area (Å²) in [5.41, 5.74) is 0.0516. The Morgan fingerprint density at radius 1 is 1.31 bits per heavy atom. The molecule has 0 bridgehead atoms. The van der Waals surface area contributed by atoms with Crippen LogP contribution >= 0.6 is 0 Å². The van der Waals surface area contributed by atoms with Crippen LogP contribution < -0.4 is 0 Å². The molecule has 1 aromatic rings. The molecule has 0 fully saturated rings. The van der Waals surface area contributed by atoms with Crippen molar-refractivity contribution in [2.24, 2.45) is 0 Å². The third kappa shape index (κ3) is 1.74. The fourth-order valence-corrected chi connectivity index (χ4v) is 1.05. The molecule has 0 aliphatic carbocycles. The first-order valence-electron chi connectivity index (χ1n) is 4.05. The molecule has 0 aliphatic heterocycles. The average molecular weight is 184 g/mol. The third-order valence-electron chi connectivity index (χ3n) is 1.90. The molecule has 0 unspecified atom stereocenters. The molecule has 0 radical (unpaired) electrons. The van der Waals surface area contributed by atoms with Gasteiger partial charge in [0.15, 0.2) is 17.4 Å². The zero-order chi connectivity index (χ0) is 10.0. The molecule has 3 heteroatoms. The zero-order valence-corrected chi connectivity index (χ0v) is 7.53. The number of aryl methyl sites for hydroxylation is 1. The van der Waals surface area contributed by atoms with Crippen LogP contribution in [0, 0.1) is 18.6 Å². The van der Waals surface area contributed by atoms with E-state index in [1.54, 1.807) is 6.92 Å². The van der Waals surface area contributed by atoms with E-state index < -0.39 is 11.6 Å². The van der Waals surface area contributed by atoms with E-state index in [9.17, 15) is 13.6 Å². The Bertz CT molecular complexity index is 345. The molecule has 0 heterocycles. The van der Waals surface area contributed by atoms with E-state index in [4.69, 9.17) is 0 Å². The highest BCUT2D eigenvalue weighted by atomic mass is 19.2. The van der Waals surface area contributed by atoms with Gasteiger partial charge in [0, 0.05) is 6.42 Å². The van der Waals surface area contributed by atoms with E-state index in [1.807, 2.05) is 0 Å². The summed E-state index contributed by atoms with van der Waals surface area (Å²) in [5, 5.41) is 0. The number of Topliss-reactive ketones (excluding diaryl/α,β-unsaturated/α-hetero) is 1. The lowest BCUT2D eigenvalue weighted by Crippen LogP contribution is -2.03. The van der Waals surface area contributed by atoms with Crippen LogP contribution in [0.5, 0.6) is 0 Å². The maximum atomic E-state index is 13.1. The van der Waals surface area contributed by atoms with E-state index in [2.05, 4.69) is 0 Å². The Morgan fingerprint density at radius 3 is 2.46 bits per heavy atom. The minimum atomic E-state index is -1.04. The van der Waals surface area contributed by atoms with Gasteiger partial charge in [0.25, 0.3) is 0 Å². The highest BCUT2D eigenvalue weighted by Gasteiger charge is 2.15. The third-order valence-corrected chi connectivity index (χ3v) is 1.90. The Hall–Kier alpha value is -1.25. The fourth-order valence-electron chi connectivity index (χ4n) is 1.05. The molecule has 1 aromatic carbocycles. The van der Waals surface area contributed by atoms with Gasteiger partial charge in [0.1, 0.15) is 0 Å². The van der Waals surface area contributed by atoms with E-state index in [1.165, 1.54) is 19.1 Å². The maximum Gasteiger partial charge on any atom is 0.169 e. The second-order valence-corrected chi connectivity index (χ2v) is 2.83. The summed E-state index contributed by atoms with van der Waals surface area (Å²) in [6.45, 7) is 3.07. The summed E-state index contributed by atoms with van der Waals surface area (Å²) >= 11 is 0. The quantitative estimate of drug-likeness (QED) is 0.646. The minimum Gasteiger partial charge on any atom is -0.294 e. The summed E-state index contributed by atoms with van der Waals surface area (Å²) in [7, 11) is 0. The van der Waals surface area contributed by atoms with Crippen molar-refractivity contribution >= 4 is 5.78 Å². The molecule has 0 aromatic heterocycles. The number of hydrogen-bond acceptors (Lipinski definition) is 1. The summed E-state index contributed by atoms with van der Waals surface area (Å²) in [5.74, 6) is -2.34. The molecular weight excluding hydrogens is 174 g/mol. The second kappa shape index (κ2) is 3.64. The van der Waals surface area contributed by atoms with Crippen molar-refractivity contribution in [1.82, 2.24) is 0 Å². The first-order valence-corrected chi connectivity index (χ1v) is 4.05. The Labute approximate surface area is 75.4 Å². The standard InChI is InChI=1S/C10H10F2O/c1-3-8(13)7-5-4-6(2)9(11)10(7)12/h4-5H,3H2,1-2H3. The summed E-state index contributed by atoms with van der Waals surface area (Å²) in [6, 6.07) is 2.72. The Balaban J connectivity index is 3.26. The van der Waals surface area contributed by atoms with Crippen LogP contribution in [0.2, 0.25) is 0 Å². The van der Waals surface area contributed by atoms with Crippen molar-refractivity contribution < 1.29 is 13.6 Å². The van der Waals surface area contributed by atoms with Gasteiger partial charge < -0.3 is 0 Å². The second-order valence-electron chi connectivity index (χ2n) is 2.83. The van der Waals surface area contributed by atoms with E-state index >= 15 is 0 Å². The number of rotatable bonds is 2. The highest BCUT2D eigenvalue weighted by Crippen LogP contribution is 2.16. The number of ketones is 1. The van der Waals surface area contributed by atoms with Gasteiger partial charge in [-0.05, 0) is 18.6 Å². The first-order chi connectivity index (χ1) is 6.07. The molecule has 0 atom stereocenters. The predicted octanol–water partition coefficient (Wildman–Crippen LogP) is 2.87. The average Bonchev–Trinajstić information content (AvgIpc) is 2.13. The zero-order valence-electron chi connectivity index (χ0n) is 7.53. The molecule has 0 amide bonds. The van der Waals surface area contributed by atoms with Crippen LogP contribution in [-0.2, 0) is 0 Å². The van der Waals surface area contributed by atoms with Crippen molar-refractivity contribution in [1.29, 1.82) is 0 Å². The van der Waals surface area contributed by atoms with Gasteiger partial charge in [-0.1, -0.05) is 13.0 Å². The lowest BCUT2D eigenvalue weighted by Gasteiger charge is -2.02. The minimum absolute atomic E-state index is 0.161. The fraction of sp³-hybridized carbons (Fsp3) is 0.300. The molecule has 0 saturated heterocycles. The van der Waals surface area contributed by atoms with E-state index in [0.717, 1.165) is 0 Å². The predicted molar refractivity (Wildman–Crippen MR) is 45.7 cm³/mol. The summed E-state index contributed by atoms with van der Waals surface area (Å²) in [4.78, 5) is 11.1. The number of carbonyl (C=O) groups is 1. The van der Waals surface area contributed by atoms with E-state index in [-0.39, 0.29) is 23.3 Å². The normalized spacial score (nSPS) is 10.2. The molecule has 0 spiro atoms. The van der Waals surface area contributed by atoms with Crippen LogP contribution in [0.15, 0.2) is 12.1 Å². The van der Waals surface area contributed by atoms with Gasteiger partial charge in [-0.25, -0.2) is 8.78 Å². The molecule has 70 valence electrons. The summed E-state index contributed by atoms with van der Waals surface area (Å²) < 4.78 is 26.1. The van der Waals surface area contributed by atoms with E-state index in [0.29, 0.717) is 0 Å². The van der Waals surface area contributed by atoms with Crippen LogP contribution in [0.3, 0.4) is 0 Å². The smallest absolute Gasteiger partial charge is 0.169 e. The summed E-state index contributed by atoms with van der Waals surface area (Å²) in [6.07, 6.45) is 0.180. The van der Waals surface area contributed by atoms with Gasteiger partial charge >= 0.3 is 0 Å². The topological polar surface area (TPSA) is 17.1 Å². The number of hydrogen-bond donors (Lipinski definition) is 0. The lowest BCUT2D eigenvalue weighted by molar-refractivity contribution is 0.0983. The number of carbonyl (C=O) groups excluding carboxylic acids is 1. The Morgan fingerprint density at radius 2 is 1.92 bits per heavy atom. The van der Waals surface area contributed by atoms with Gasteiger partial charge in [-0.2, -0.15) is 0 Å². The molecule has 0 aliphatic rings. The molecular formula is C10H10F2O. The van der Waals surface area contributed by atoms with Crippen LogP contribution in [0.25, 0.3) is 0 Å². The number of halogens is 2. The van der Waals surface area contributed by atoms with Crippen molar-refractivity contribution in [2.45, 2.75) is 20.3 Å². The van der Waals surface area contributed by atoms with Gasteiger partial charge in [-0.15, -0.1) is 0 Å². The largest absolute Gasteiger partial charge is 0.294 e. The molecule has 1 rings (SSSR count). The van der Waals surface area contributed by atoms with Crippen LogP contribution in [0.4, 0.5) is 8.78 Å². The van der Waals surface area contributed by atoms with Crippen molar-refractivity contribution in [3.63, 3.8) is 0 Å². The van der Waals surface area contributed by atoms with Crippen LogP contribution in [0.1, 0.15) is 29.3 Å². The SMILES string of the molecule is CCC(=O)c1ccc(C)c(F)c1F.